The predicted octanol–water partition coefficient (Wildman–Crippen LogP) is 11.2. The number of benzene rings is 4. The van der Waals surface area contributed by atoms with Gasteiger partial charge in [0.25, 0.3) is 21.6 Å². The topological polar surface area (TPSA) is 195 Å². The van der Waals surface area contributed by atoms with Gasteiger partial charge in [0.2, 0.25) is 0 Å². The fourth-order valence-corrected chi connectivity index (χ4v) is 13.2. The first-order valence-electron chi connectivity index (χ1n) is 26.8. The van der Waals surface area contributed by atoms with Crippen LogP contribution in [0.4, 0.5) is 30.2 Å². The Morgan fingerprint density at radius 1 is 0.949 bits per heavy atom. The van der Waals surface area contributed by atoms with Crippen LogP contribution in [0.15, 0.2) is 108 Å². The van der Waals surface area contributed by atoms with E-state index in [2.05, 4.69) is 72.8 Å². The maximum absolute atomic E-state index is 14.1. The largest absolute Gasteiger partial charge is 0.496 e. The van der Waals surface area contributed by atoms with Gasteiger partial charge in [-0.2, -0.15) is 13.2 Å². The molecule has 2 saturated heterocycles. The van der Waals surface area contributed by atoms with Crippen molar-refractivity contribution in [3.8, 4) is 17.2 Å². The number of aromatic nitrogens is 2. The number of nitrogens with zero attached hydrogens (tertiary/aromatic N) is 5. The van der Waals surface area contributed by atoms with Crippen LogP contribution >= 0.6 is 0 Å². The normalized spacial score (nSPS) is 21.4. The average molecular weight is 1090 g/mol. The fraction of sp³-hybridized carbons (Fsp3) is 0.448. The van der Waals surface area contributed by atoms with Gasteiger partial charge in [-0.3, -0.25) is 24.7 Å². The Morgan fingerprint density at radius 2 is 1.71 bits per heavy atom. The molecule has 2 aromatic heterocycles. The van der Waals surface area contributed by atoms with E-state index in [0.29, 0.717) is 49.3 Å². The Kier molecular flexibility index (Phi) is 15.3. The van der Waals surface area contributed by atoms with E-state index in [-0.39, 0.29) is 40.1 Å². The molecule has 0 radical (unpaired) electrons. The van der Waals surface area contributed by atoms with E-state index in [0.717, 1.165) is 100 Å². The van der Waals surface area contributed by atoms with Gasteiger partial charge in [0.05, 0.1) is 39.9 Å². The van der Waals surface area contributed by atoms with Crippen LogP contribution in [0.25, 0.3) is 11.0 Å². The summed E-state index contributed by atoms with van der Waals surface area (Å²) >= 11 is 0. The molecule has 414 valence electrons. The van der Waals surface area contributed by atoms with E-state index in [1.807, 2.05) is 6.07 Å². The van der Waals surface area contributed by atoms with Crippen molar-refractivity contribution in [2.45, 2.75) is 113 Å². The van der Waals surface area contributed by atoms with E-state index in [1.54, 1.807) is 37.4 Å². The van der Waals surface area contributed by atoms with Gasteiger partial charge in [0.15, 0.2) is 0 Å². The summed E-state index contributed by atoms with van der Waals surface area (Å²) in [5.41, 5.74) is 2.99. The predicted molar refractivity (Wildman–Crippen MR) is 292 cm³/mol. The molecule has 1 atom stereocenters. The second-order valence-corrected chi connectivity index (χ2v) is 24.1. The number of piperazine rings is 1. The summed E-state index contributed by atoms with van der Waals surface area (Å²) in [5, 5.41) is 26.5. The van der Waals surface area contributed by atoms with E-state index in [9.17, 15) is 41.6 Å². The van der Waals surface area contributed by atoms with Gasteiger partial charge in [-0.15, -0.1) is 0 Å². The summed E-state index contributed by atoms with van der Waals surface area (Å²) in [4.78, 5) is 40.0. The van der Waals surface area contributed by atoms with Crippen LogP contribution in [-0.4, -0.2) is 102 Å². The van der Waals surface area contributed by atoms with Crippen LogP contribution in [0, 0.1) is 21.4 Å². The molecule has 0 unspecified atom stereocenters. The third-order valence-electron chi connectivity index (χ3n) is 16.7. The summed E-state index contributed by atoms with van der Waals surface area (Å²) in [6.07, 6.45) is 5.38. The number of H-pyrrole nitrogens is 1. The first-order valence-corrected chi connectivity index (χ1v) is 28.3. The number of aromatic amines is 1. The third kappa shape index (κ3) is 11.8. The second-order valence-electron chi connectivity index (χ2n) is 22.4. The van der Waals surface area contributed by atoms with Gasteiger partial charge < -0.3 is 29.8 Å². The lowest BCUT2D eigenvalue weighted by molar-refractivity contribution is -0.384. The van der Waals surface area contributed by atoms with Gasteiger partial charge in [-0.05, 0) is 141 Å². The second kappa shape index (κ2) is 21.8. The molecule has 2 aliphatic carbocycles. The van der Waals surface area contributed by atoms with Gasteiger partial charge >= 0.3 is 6.18 Å². The Hall–Kier alpha value is -6.74. The molecule has 4 heterocycles. The number of sulfonamides is 1. The molecule has 1 spiro atoms. The lowest BCUT2D eigenvalue weighted by Gasteiger charge is -2.58. The van der Waals surface area contributed by atoms with Crippen molar-refractivity contribution >= 4 is 44.0 Å². The molecule has 2 saturated carbocycles. The minimum Gasteiger partial charge on any atom is -0.496 e. The van der Waals surface area contributed by atoms with Gasteiger partial charge in [-0.1, -0.05) is 44.2 Å². The van der Waals surface area contributed by atoms with Crippen molar-refractivity contribution < 1.29 is 45.9 Å². The van der Waals surface area contributed by atoms with Crippen molar-refractivity contribution in [3.05, 3.63) is 141 Å². The Labute approximate surface area is 452 Å². The number of nitro benzene ring substituents is 1. The van der Waals surface area contributed by atoms with Crippen LogP contribution in [0.2, 0.25) is 0 Å². The number of pyridine rings is 1. The molecular formula is C58H67F3N8O8S. The van der Waals surface area contributed by atoms with Crippen LogP contribution in [0.3, 0.4) is 0 Å². The monoisotopic (exact) mass is 1090 g/mol. The summed E-state index contributed by atoms with van der Waals surface area (Å²) < 4.78 is 82.6. The molecule has 4 fully saturated rings. The number of rotatable bonds is 16. The van der Waals surface area contributed by atoms with Crippen LogP contribution in [-0.2, 0) is 22.7 Å². The highest BCUT2D eigenvalue weighted by molar-refractivity contribution is 7.90. The number of alkyl halides is 3. The number of ether oxygens (including phenoxy) is 2. The van der Waals surface area contributed by atoms with E-state index in [1.165, 1.54) is 48.7 Å². The Morgan fingerprint density at radius 3 is 2.42 bits per heavy atom. The first kappa shape index (κ1) is 54.6. The maximum Gasteiger partial charge on any atom is 0.419 e. The summed E-state index contributed by atoms with van der Waals surface area (Å²) in [7, 11) is -3.36. The highest BCUT2D eigenvalue weighted by atomic mass is 32.2. The molecule has 2 aliphatic heterocycles. The molecule has 10 rings (SSSR count). The van der Waals surface area contributed by atoms with Crippen LogP contribution in [0.1, 0.15) is 117 Å². The number of amides is 1. The molecular weight excluding hydrogens is 1030 g/mol. The number of piperidine rings is 1. The minimum absolute atomic E-state index is 0.0705. The zero-order chi connectivity index (χ0) is 55.1. The zero-order valence-corrected chi connectivity index (χ0v) is 45.1. The molecule has 16 nitrogen and oxygen atoms in total. The number of hydrogen-bond acceptors (Lipinski definition) is 13. The SMILES string of the molecule is COc1cc(CN2CCN(C3CC4(CCN(c5ccc(C(=O)NS(=O)(=O)c6ccc(NC[C@H]7CC[C@](C)(O)CC7)c([N+](=O)[O-])c6)c(Oc6cnc7[nH]ccc7c6)c5)CC4)C3)[C@H](c3ccccc3C(C)C)C2)ccc1C(F)(F)F. The molecule has 4 aliphatic rings. The minimum atomic E-state index is -4.63. The number of hydrogen-bond donors (Lipinski definition) is 4. The zero-order valence-electron chi connectivity index (χ0n) is 44.3. The number of nitro groups is 1. The molecule has 20 heteroatoms. The number of carbonyl (C=O) groups excluding carboxylic acids is 1. The van der Waals surface area contributed by atoms with E-state index < -0.39 is 48.8 Å². The van der Waals surface area contributed by atoms with Crippen molar-refractivity contribution in [2.75, 3.05) is 56.6 Å². The third-order valence-corrected chi connectivity index (χ3v) is 18.1. The van der Waals surface area contributed by atoms with Gasteiger partial charge in [-0.25, -0.2) is 18.1 Å². The first-order chi connectivity index (χ1) is 37.2. The number of fused-ring (bicyclic) bond motifs is 1. The summed E-state index contributed by atoms with van der Waals surface area (Å²) in [6, 6.07) is 25.3. The van der Waals surface area contributed by atoms with Crippen molar-refractivity contribution in [1.29, 1.82) is 0 Å². The molecule has 1 amide bonds. The number of aliphatic hydroxyl groups is 1. The standard InChI is InChI=1S/C58H67F3N8O8S/c1-37(2)45-7-5-6-8-46(45)51-36-66(35-39-9-13-48(58(59,60)61)53(27-39)76-4)25-26-68(51)42-31-57(32-42)20-23-67(24-21-57)41-10-12-47(52(29-41)77-43-28-40-17-22-62-54(40)64-34-43)55(70)65-78(74,75)44-11-14-49(50(30-44)69(72)73)63-33-38-15-18-56(3,71)19-16-38/h5-14,17,22,27-30,34,37-38,42,51,63,71H,15-16,18-21,23-26,31-33,35-36H2,1-4H3,(H,62,64)(H,65,70)/t38-,51-,56-/m0/s1. The van der Waals surface area contributed by atoms with Crippen molar-refractivity contribution in [3.63, 3.8) is 0 Å². The lowest BCUT2D eigenvalue weighted by Crippen LogP contribution is -2.60. The maximum atomic E-state index is 14.1. The lowest BCUT2D eigenvalue weighted by atomic mass is 9.59. The van der Waals surface area contributed by atoms with Crippen LogP contribution < -0.4 is 24.4 Å². The molecule has 6 aromatic rings. The quantitative estimate of drug-likeness (QED) is 0.0528. The molecule has 78 heavy (non-hydrogen) atoms. The smallest absolute Gasteiger partial charge is 0.419 e. The number of halogens is 3. The number of anilines is 2. The highest BCUT2D eigenvalue weighted by Crippen LogP contribution is 2.54. The average Bonchev–Trinajstić information content (AvgIpc) is 4.01. The number of carbonyl (C=O) groups is 1. The Balaban J connectivity index is 0.830. The molecule has 0 bridgehead atoms. The molecule has 4 N–H and O–H groups in total. The van der Waals surface area contributed by atoms with Crippen molar-refractivity contribution in [2.24, 2.45) is 11.3 Å². The Bertz CT molecular complexity index is 3290. The summed E-state index contributed by atoms with van der Waals surface area (Å²) in [6.45, 7) is 10.9. The molecule has 4 aromatic carbocycles. The van der Waals surface area contributed by atoms with Gasteiger partial charge in [0.1, 0.15) is 28.6 Å². The number of nitrogens with one attached hydrogen (secondary N) is 3. The summed E-state index contributed by atoms with van der Waals surface area (Å²) in [5.74, 6) is -0.269. The van der Waals surface area contributed by atoms with E-state index >= 15 is 0 Å². The van der Waals surface area contributed by atoms with Gasteiger partial charge in [0, 0.05) is 87.3 Å². The van der Waals surface area contributed by atoms with E-state index in [4.69, 9.17) is 9.47 Å². The van der Waals surface area contributed by atoms with Crippen molar-refractivity contribution in [1.82, 2.24) is 24.5 Å². The fourth-order valence-electron chi connectivity index (χ4n) is 12.3. The number of methoxy groups -OCH3 is 1. The highest BCUT2D eigenvalue weighted by Gasteiger charge is 2.50. The van der Waals surface area contributed by atoms with Crippen LogP contribution in [0.5, 0.6) is 17.2 Å².